The van der Waals surface area contributed by atoms with Crippen LogP contribution in [0.2, 0.25) is 0 Å². The van der Waals surface area contributed by atoms with Crippen molar-refractivity contribution in [3.05, 3.63) is 30.3 Å². The second-order valence-corrected chi connectivity index (χ2v) is 4.02. The molecule has 2 N–H and O–H groups in total. The Balaban J connectivity index is 0.00000324. The highest BCUT2D eigenvalue weighted by Gasteiger charge is 2.12. The van der Waals surface area contributed by atoms with Crippen molar-refractivity contribution in [1.82, 2.24) is 10.2 Å². The van der Waals surface area contributed by atoms with Crippen molar-refractivity contribution in [1.29, 1.82) is 0 Å². The van der Waals surface area contributed by atoms with E-state index in [1.165, 1.54) is 4.90 Å². The molecule has 0 spiro atoms. The Hall–Kier alpha value is -1.59. The molecule has 0 aliphatic rings. The summed E-state index contributed by atoms with van der Waals surface area (Å²) in [6.45, 7) is 0.681. The Morgan fingerprint density at radius 1 is 1.21 bits per heavy atom. The number of nitrogens with zero attached hydrogens (tertiary/aromatic N) is 1. The Kier molecular flexibility index (Phi) is 8.57. The number of carbonyl (C=O) groups is 2. The highest BCUT2D eigenvalue weighted by Crippen LogP contribution is 2.04. The molecule has 19 heavy (non-hydrogen) atoms. The first-order valence-corrected chi connectivity index (χ1v) is 5.87. The highest BCUT2D eigenvalue weighted by molar-refractivity contribution is 5.94. The molecule has 0 fully saturated rings. The number of anilines is 1. The summed E-state index contributed by atoms with van der Waals surface area (Å²) in [6, 6.07) is 9.18. The minimum atomic E-state index is -0.193. The maximum Gasteiger partial charge on any atom is 0.243 e. The van der Waals surface area contributed by atoms with Crippen LogP contribution >= 0.6 is 12.4 Å². The number of nitrogens with one attached hydrogen (secondary N) is 2. The number of amides is 2. The highest BCUT2D eigenvalue weighted by atomic mass is 35.5. The van der Waals surface area contributed by atoms with E-state index in [4.69, 9.17) is 0 Å². The van der Waals surface area contributed by atoms with Gasteiger partial charge in [0.25, 0.3) is 0 Å². The fraction of sp³-hybridized carbons (Fsp3) is 0.385. The summed E-state index contributed by atoms with van der Waals surface area (Å²) in [5.41, 5.74) is 0.735. The van der Waals surface area contributed by atoms with Gasteiger partial charge in [0.2, 0.25) is 11.8 Å². The topological polar surface area (TPSA) is 61.4 Å². The third kappa shape index (κ3) is 6.79. The molecule has 0 bridgehead atoms. The smallest absolute Gasteiger partial charge is 0.243 e. The number of rotatable bonds is 6. The summed E-state index contributed by atoms with van der Waals surface area (Å²) in [5.74, 6) is -0.242. The average Bonchev–Trinajstić information content (AvgIpc) is 2.36. The molecule has 0 aromatic heterocycles. The monoisotopic (exact) mass is 285 g/mol. The zero-order chi connectivity index (χ0) is 13.4. The van der Waals surface area contributed by atoms with Gasteiger partial charge in [-0.25, -0.2) is 0 Å². The first-order chi connectivity index (χ1) is 8.63. The molecule has 0 unspecified atom stereocenters. The zero-order valence-electron chi connectivity index (χ0n) is 11.2. The summed E-state index contributed by atoms with van der Waals surface area (Å²) < 4.78 is 0. The molecule has 106 valence electrons. The molecule has 0 saturated carbocycles. The second-order valence-electron chi connectivity index (χ2n) is 4.02. The minimum Gasteiger partial charge on any atom is -0.336 e. The van der Waals surface area contributed by atoms with Gasteiger partial charge in [0.15, 0.2) is 0 Å². The molecule has 0 aliphatic heterocycles. The fourth-order valence-electron chi connectivity index (χ4n) is 1.45. The Morgan fingerprint density at radius 2 is 1.84 bits per heavy atom. The van der Waals surface area contributed by atoms with Gasteiger partial charge in [-0.2, -0.15) is 0 Å². The van der Waals surface area contributed by atoms with E-state index in [0.29, 0.717) is 13.0 Å². The average molecular weight is 286 g/mol. The molecule has 1 rings (SSSR count). The summed E-state index contributed by atoms with van der Waals surface area (Å²) >= 11 is 0. The molecule has 0 aliphatic carbocycles. The molecule has 0 heterocycles. The van der Waals surface area contributed by atoms with E-state index in [1.807, 2.05) is 18.2 Å². The molecular formula is C13H20ClN3O2. The zero-order valence-corrected chi connectivity index (χ0v) is 12.0. The van der Waals surface area contributed by atoms with Gasteiger partial charge >= 0.3 is 0 Å². The third-order valence-electron chi connectivity index (χ3n) is 2.45. The van der Waals surface area contributed by atoms with Gasteiger partial charge in [-0.15, -0.1) is 12.4 Å². The van der Waals surface area contributed by atoms with Crippen molar-refractivity contribution in [3.8, 4) is 0 Å². The fourth-order valence-corrected chi connectivity index (χ4v) is 1.45. The van der Waals surface area contributed by atoms with Crippen LogP contribution in [-0.2, 0) is 9.59 Å². The van der Waals surface area contributed by atoms with Crippen molar-refractivity contribution in [2.24, 2.45) is 0 Å². The largest absolute Gasteiger partial charge is 0.336 e. The Bertz CT molecular complexity index is 398. The van der Waals surface area contributed by atoms with Gasteiger partial charge in [-0.1, -0.05) is 18.2 Å². The van der Waals surface area contributed by atoms with Crippen molar-refractivity contribution in [3.63, 3.8) is 0 Å². The van der Waals surface area contributed by atoms with E-state index < -0.39 is 0 Å². The van der Waals surface area contributed by atoms with Crippen LogP contribution in [0, 0.1) is 0 Å². The van der Waals surface area contributed by atoms with E-state index in [2.05, 4.69) is 10.6 Å². The van der Waals surface area contributed by atoms with Crippen LogP contribution in [0.4, 0.5) is 5.69 Å². The quantitative estimate of drug-likeness (QED) is 0.823. The predicted molar refractivity (Wildman–Crippen MR) is 78.5 cm³/mol. The first kappa shape index (κ1) is 17.4. The lowest BCUT2D eigenvalue weighted by molar-refractivity contribution is -0.133. The van der Waals surface area contributed by atoms with E-state index in [-0.39, 0.29) is 30.8 Å². The third-order valence-corrected chi connectivity index (χ3v) is 2.45. The van der Waals surface area contributed by atoms with E-state index in [0.717, 1.165) is 5.69 Å². The number of para-hydroxylation sites is 1. The normalized spacial score (nSPS) is 9.37. The molecule has 1 aromatic rings. The molecule has 2 amide bonds. The summed E-state index contributed by atoms with van der Waals surface area (Å²) in [4.78, 5) is 24.7. The lowest BCUT2D eigenvalue weighted by atomic mass is 10.3. The predicted octanol–water partition coefficient (Wildman–Crippen LogP) is 1.11. The number of carbonyl (C=O) groups excluding carboxylic acids is 2. The molecule has 0 radical (unpaired) electrons. The van der Waals surface area contributed by atoms with Gasteiger partial charge in [-0.3, -0.25) is 9.59 Å². The summed E-state index contributed by atoms with van der Waals surface area (Å²) in [6.07, 6.45) is 0.394. The van der Waals surface area contributed by atoms with Crippen molar-refractivity contribution < 1.29 is 9.59 Å². The molecule has 0 atom stereocenters. The maximum atomic E-state index is 11.7. The van der Waals surface area contributed by atoms with Crippen LogP contribution in [0.1, 0.15) is 6.42 Å². The van der Waals surface area contributed by atoms with Crippen LogP contribution in [0.25, 0.3) is 0 Å². The van der Waals surface area contributed by atoms with Crippen LogP contribution in [0.15, 0.2) is 30.3 Å². The van der Waals surface area contributed by atoms with Crippen molar-refractivity contribution >= 4 is 29.9 Å². The number of hydrogen-bond donors (Lipinski definition) is 2. The van der Waals surface area contributed by atoms with Crippen LogP contribution in [0.3, 0.4) is 0 Å². The standard InChI is InChI=1S/C13H19N3O2.ClH/c1-14-9-8-13(18)16(2)10-12(17)15-11-6-4-3-5-7-11;/h3-7,14H,8-10H2,1-2H3,(H,15,17);1H. The molecular weight excluding hydrogens is 266 g/mol. The van der Waals surface area contributed by atoms with Crippen LogP contribution < -0.4 is 10.6 Å². The van der Waals surface area contributed by atoms with Crippen molar-refractivity contribution in [2.45, 2.75) is 6.42 Å². The van der Waals surface area contributed by atoms with Gasteiger partial charge in [-0.05, 0) is 19.2 Å². The van der Waals surface area contributed by atoms with Gasteiger partial charge in [0.05, 0.1) is 6.54 Å². The van der Waals surface area contributed by atoms with E-state index >= 15 is 0 Å². The van der Waals surface area contributed by atoms with E-state index in [9.17, 15) is 9.59 Å². The lowest BCUT2D eigenvalue weighted by Gasteiger charge is -2.16. The van der Waals surface area contributed by atoms with Gasteiger partial charge in [0.1, 0.15) is 0 Å². The number of hydrogen-bond acceptors (Lipinski definition) is 3. The van der Waals surface area contributed by atoms with Crippen LogP contribution in [-0.4, -0.2) is 43.9 Å². The molecule has 6 heteroatoms. The maximum absolute atomic E-state index is 11.7. The lowest BCUT2D eigenvalue weighted by Crippen LogP contribution is -2.36. The van der Waals surface area contributed by atoms with E-state index in [1.54, 1.807) is 26.2 Å². The Labute approximate surface area is 119 Å². The summed E-state index contributed by atoms with van der Waals surface area (Å²) in [7, 11) is 3.41. The SMILES string of the molecule is CNCCC(=O)N(C)CC(=O)Nc1ccccc1.Cl. The van der Waals surface area contributed by atoms with Gasteiger partial charge < -0.3 is 15.5 Å². The summed E-state index contributed by atoms with van der Waals surface area (Å²) in [5, 5.41) is 5.63. The first-order valence-electron chi connectivity index (χ1n) is 5.87. The van der Waals surface area contributed by atoms with Crippen LogP contribution in [0.5, 0.6) is 0 Å². The number of likely N-dealkylation sites (N-methyl/N-ethyl adjacent to an activating group) is 1. The molecule has 0 saturated heterocycles. The minimum absolute atomic E-state index is 0. The second kappa shape index (κ2) is 9.35. The Morgan fingerprint density at radius 3 is 2.42 bits per heavy atom. The molecule has 5 nitrogen and oxygen atoms in total. The number of halogens is 1. The van der Waals surface area contributed by atoms with Crippen molar-refractivity contribution in [2.75, 3.05) is 32.5 Å². The number of benzene rings is 1. The molecule has 1 aromatic carbocycles. The van der Waals surface area contributed by atoms with Gasteiger partial charge in [0, 0.05) is 25.7 Å².